The van der Waals surface area contributed by atoms with E-state index in [9.17, 15) is 4.79 Å². The summed E-state index contributed by atoms with van der Waals surface area (Å²) in [5, 5.41) is 6.44. The first-order chi connectivity index (χ1) is 9.55. The van der Waals surface area contributed by atoms with Gasteiger partial charge in [0.25, 0.3) is 0 Å². The summed E-state index contributed by atoms with van der Waals surface area (Å²) >= 11 is 0. The minimum Gasteiger partial charge on any atom is -0.487 e. The van der Waals surface area contributed by atoms with Crippen molar-refractivity contribution in [3.8, 4) is 5.75 Å². The Balaban J connectivity index is 1.80. The van der Waals surface area contributed by atoms with Crippen molar-refractivity contribution in [2.45, 2.75) is 50.8 Å². The summed E-state index contributed by atoms with van der Waals surface area (Å²) in [6, 6.07) is 7.98. The van der Waals surface area contributed by atoms with Crippen molar-refractivity contribution in [1.82, 2.24) is 10.6 Å². The molecule has 1 amide bonds. The average Bonchev–Trinajstić information content (AvgIpc) is 2.91. The Hall–Kier alpha value is -1.55. The number of benzene rings is 1. The summed E-state index contributed by atoms with van der Waals surface area (Å²) in [6.45, 7) is 5.07. The van der Waals surface area contributed by atoms with Crippen molar-refractivity contribution in [3.63, 3.8) is 0 Å². The number of amides is 1. The lowest BCUT2D eigenvalue weighted by atomic mass is 9.89. The van der Waals surface area contributed by atoms with E-state index >= 15 is 0 Å². The van der Waals surface area contributed by atoms with Gasteiger partial charge in [0, 0.05) is 12.0 Å². The molecule has 2 N–H and O–H groups in total. The van der Waals surface area contributed by atoms with Crippen molar-refractivity contribution in [3.05, 3.63) is 29.8 Å². The number of hydrogen-bond acceptors (Lipinski definition) is 3. The minimum atomic E-state index is -0.255. The number of para-hydroxylation sites is 1. The number of carbonyl (C=O) groups excluding carboxylic acids is 1. The van der Waals surface area contributed by atoms with E-state index < -0.39 is 0 Å². The Labute approximate surface area is 119 Å². The smallest absolute Gasteiger partial charge is 0.237 e. The van der Waals surface area contributed by atoms with Crippen LogP contribution in [0, 0.1) is 0 Å². The third kappa shape index (κ3) is 2.66. The van der Waals surface area contributed by atoms with E-state index in [0.29, 0.717) is 0 Å². The molecule has 0 aromatic heterocycles. The van der Waals surface area contributed by atoms with Crippen LogP contribution in [0.3, 0.4) is 0 Å². The molecule has 4 nitrogen and oxygen atoms in total. The van der Waals surface area contributed by atoms with Gasteiger partial charge in [-0.2, -0.15) is 0 Å². The molecular formula is C16H22N2O2. The first kappa shape index (κ1) is 13.4. The van der Waals surface area contributed by atoms with E-state index in [4.69, 9.17) is 4.74 Å². The number of ether oxygens (including phenoxy) is 1. The summed E-state index contributed by atoms with van der Waals surface area (Å²) in [6.07, 6.45) is 2.80. The molecule has 0 bridgehead atoms. The second-order valence-electron chi connectivity index (χ2n) is 6.31. The van der Waals surface area contributed by atoms with Gasteiger partial charge >= 0.3 is 0 Å². The van der Waals surface area contributed by atoms with Gasteiger partial charge in [0.15, 0.2) is 0 Å². The second-order valence-corrected chi connectivity index (χ2v) is 6.31. The quantitative estimate of drug-likeness (QED) is 0.869. The maximum Gasteiger partial charge on any atom is 0.237 e. The summed E-state index contributed by atoms with van der Waals surface area (Å²) < 4.78 is 5.99. The van der Waals surface area contributed by atoms with Crippen LogP contribution in [0.1, 0.15) is 44.7 Å². The van der Waals surface area contributed by atoms with Crippen LogP contribution in [-0.2, 0) is 4.79 Å². The van der Waals surface area contributed by atoms with Gasteiger partial charge in [-0.05, 0) is 39.3 Å². The molecule has 2 unspecified atom stereocenters. The molecule has 4 heteroatoms. The Morgan fingerprint density at radius 1 is 1.40 bits per heavy atom. The van der Waals surface area contributed by atoms with Crippen molar-refractivity contribution in [1.29, 1.82) is 0 Å². The SMILES string of the molecule is CC1(C)CC(NC(=O)C2CCCN2)c2ccccc2O1. The number of hydrogen-bond donors (Lipinski definition) is 2. The van der Waals surface area contributed by atoms with Gasteiger partial charge in [-0.1, -0.05) is 18.2 Å². The summed E-state index contributed by atoms with van der Waals surface area (Å²) in [5.74, 6) is 0.994. The van der Waals surface area contributed by atoms with E-state index in [1.807, 2.05) is 24.3 Å². The predicted molar refractivity (Wildman–Crippen MR) is 77.7 cm³/mol. The molecule has 0 radical (unpaired) electrons. The minimum absolute atomic E-state index is 0.0323. The van der Waals surface area contributed by atoms with Crippen molar-refractivity contribution >= 4 is 5.91 Å². The van der Waals surface area contributed by atoms with Crippen molar-refractivity contribution in [2.75, 3.05) is 6.54 Å². The van der Waals surface area contributed by atoms with Gasteiger partial charge in [-0.25, -0.2) is 0 Å². The third-order valence-corrected chi connectivity index (χ3v) is 4.07. The maximum atomic E-state index is 12.3. The van der Waals surface area contributed by atoms with E-state index in [-0.39, 0.29) is 23.6 Å². The monoisotopic (exact) mass is 274 g/mol. The highest BCUT2D eigenvalue weighted by Gasteiger charge is 2.35. The zero-order valence-electron chi connectivity index (χ0n) is 12.1. The van der Waals surface area contributed by atoms with Crippen LogP contribution >= 0.6 is 0 Å². The maximum absolute atomic E-state index is 12.3. The van der Waals surface area contributed by atoms with Crippen LogP contribution in [0.5, 0.6) is 5.75 Å². The average molecular weight is 274 g/mol. The molecule has 2 atom stereocenters. The van der Waals surface area contributed by atoms with Gasteiger partial charge in [0.1, 0.15) is 11.4 Å². The molecule has 2 aliphatic rings. The van der Waals surface area contributed by atoms with Crippen LogP contribution < -0.4 is 15.4 Å². The molecular weight excluding hydrogens is 252 g/mol. The van der Waals surface area contributed by atoms with Crippen molar-refractivity contribution < 1.29 is 9.53 Å². The van der Waals surface area contributed by atoms with Crippen LogP contribution in [-0.4, -0.2) is 24.1 Å². The first-order valence-electron chi connectivity index (χ1n) is 7.37. The zero-order valence-corrected chi connectivity index (χ0v) is 12.1. The van der Waals surface area contributed by atoms with Crippen LogP contribution in [0.2, 0.25) is 0 Å². The van der Waals surface area contributed by atoms with E-state index in [1.165, 1.54) is 0 Å². The largest absolute Gasteiger partial charge is 0.487 e. The van der Waals surface area contributed by atoms with E-state index in [2.05, 4.69) is 24.5 Å². The van der Waals surface area contributed by atoms with Gasteiger partial charge in [0.2, 0.25) is 5.91 Å². The van der Waals surface area contributed by atoms with Crippen LogP contribution in [0.15, 0.2) is 24.3 Å². The fourth-order valence-electron chi connectivity index (χ4n) is 3.11. The molecule has 0 spiro atoms. The van der Waals surface area contributed by atoms with Gasteiger partial charge in [-0.15, -0.1) is 0 Å². The van der Waals surface area contributed by atoms with Gasteiger partial charge in [-0.3, -0.25) is 4.79 Å². The highest BCUT2D eigenvalue weighted by Crippen LogP contribution is 2.39. The normalized spacial score (nSPS) is 27.5. The second kappa shape index (κ2) is 5.09. The number of carbonyl (C=O) groups is 1. The molecule has 1 saturated heterocycles. The molecule has 0 saturated carbocycles. The van der Waals surface area contributed by atoms with Crippen molar-refractivity contribution in [2.24, 2.45) is 0 Å². The molecule has 1 aromatic rings. The highest BCUT2D eigenvalue weighted by molar-refractivity contribution is 5.82. The number of nitrogens with one attached hydrogen (secondary N) is 2. The van der Waals surface area contributed by atoms with Crippen LogP contribution in [0.25, 0.3) is 0 Å². The molecule has 2 aliphatic heterocycles. The summed E-state index contributed by atoms with van der Waals surface area (Å²) in [7, 11) is 0. The Kier molecular flexibility index (Phi) is 3.42. The van der Waals surface area contributed by atoms with E-state index in [1.54, 1.807) is 0 Å². The first-order valence-corrected chi connectivity index (χ1v) is 7.37. The summed E-state index contributed by atoms with van der Waals surface area (Å²) in [4.78, 5) is 12.3. The van der Waals surface area contributed by atoms with Gasteiger partial charge in [0.05, 0.1) is 12.1 Å². The molecule has 20 heavy (non-hydrogen) atoms. The fraction of sp³-hybridized carbons (Fsp3) is 0.562. The number of rotatable bonds is 2. The Morgan fingerprint density at radius 3 is 2.95 bits per heavy atom. The Bertz CT molecular complexity index is 507. The molecule has 1 fully saturated rings. The van der Waals surface area contributed by atoms with Crippen LogP contribution in [0.4, 0.5) is 0 Å². The molecule has 1 aromatic carbocycles. The zero-order chi connectivity index (χ0) is 14.2. The predicted octanol–water partition coefficient (Wildman–Crippen LogP) is 2.16. The lowest BCUT2D eigenvalue weighted by molar-refractivity contribution is -0.124. The molecule has 0 aliphatic carbocycles. The molecule has 3 rings (SSSR count). The summed E-state index contributed by atoms with van der Waals surface area (Å²) in [5.41, 5.74) is 0.827. The van der Waals surface area contributed by atoms with E-state index in [0.717, 1.165) is 37.1 Å². The lowest BCUT2D eigenvalue weighted by Crippen LogP contribution is -2.46. The Morgan fingerprint density at radius 2 is 2.20 bits per heavy atom. The number of fused-ring (bicyclic) bond motifs is 1. The third-order valence-electron chi connectivity index (χ3n) is 4.07. The lowest BCUT2D eigenvalue weighted by Gasteiger charge is -2.38. The standard InChI is InChI=1S/C16H22N2O2/c1-16(2)10-13(11-6-3-4-8-14(11)20-16)18-15(19)12-7-5-9-17-12/h3-4,6,8,12-13,17H,5,7,9-10H2,1-2H3,(H,18,19). The molecule has 2 heterocycles. The topological polar surface area (TPSA) is 50.4 Å². The van der Waals surface area contributed by atoms with Gasteiger partial charge < -0.3 is 15.4 Å². The fourth-order valence-corrected chi connectivity index (χ4v) is 3.11. The molecule has 108 valence electrons. The highest BCUT2D eigenvalue weighted by atomic mass is 16.5.